The number of para-hydroxylation sites is 3. The molecule has 1 aliphatic rings. The zero-order valence-electron chi connectivity index (χ0n) is 16.8. The highest BCUT2D eigenvalue weighted by molar-refractivity contribution is 5.96. The number of carbonyl (C=O) groups excluding carboxylic acids is 2. The topological polar surface area (TPSA) is 68.3 Å². The molecular formula is C22H26N2O5. The number of methoxy groups -OCH3 is 1. The Labute approximate surface area is 170 Å². The van der Waals surface area contributed by atoms with Gasteiger partial charge < -0.3 is 24.0 Å². The maximum absolute atomic E-state index is 12.5. The van der Waals surface area contributed by atoms with Crippen molar-refractivity contribution in [1.29, 1.82) is 0 Å². The molecule has 7 heteroatoms. The molecule has 1 heterocycles. The molecule has 0 N–H and O–H groups in total. The van der Waals surface area contributed by atoms with E-state index in [9.17, 15) is 9.59 Å². The molecule has 0 saturated carbocycles. The van der Waals surface area contributed by atoms with Crippen molar-refractivity contribution in [2.75, 3.05) is 51.4 Å². The first-order valence-electron chi connectivity index (χ1n) is 9.68. The lowest BCUT2D eigenvalue weighted by Crippen LogP contribution is -2.50. The summed E-state index contributed by atoms with van der Waals surface area (Å²) >= 11 is 0. The van der Waals surface area contributed by atoms with Crippen molar-refractivity contribution >= 4 is 17.6 Å². The number of rotatable bonds is 7. The highest BCUT2D eigenvalue weighted by Crippen LogP contribution is 2.26. The molecule has 2 aromatic carbocycles. The third kappa shape index (κ3) is 4.99. The van der Waals surface area contributed by atoms with Crippen LogP contribution in [-0.4, -0.2) is 63.3 Å². The molecule has 154 valence electrons. The lowest BCUT2D eigenvalue weighted by molar-refractivity contribution is -0.133. The van der Waals surface area contributed by atoms with Crippen LogP contribution in [0, 0.1) is 0 Å². The highest BCUT2D eigenvalue weighted by atomic mass is 16.5. The Hall–Kier alpha value is -3.22. The van der Waals surface area contributed by atoms with Crippen molar-refractivity contribution in [1.82, 2.24) is 4.90 Å². The van der Waals surface area contributed by atoms with E-state index in [0.29, 0.717) is 49.8 Å². The molecule has 0 spiro atoms. The van der Waals surface area contributed by atoms with E-state index in [-0.39, 0.29) is 18.5 Å². The fraction of sp³-hybridized carbons (Fsp3) is 0.364. The first-order valence-corrected chi connectivity index (χ1v) is 9.68. The van der Waals surface area contributed by atoms with Crippen LogP contribution in [-0.2, 0) is 9.53 Å². The van der Waals surface area contributed by atoms with Gasteiger partial charge in [-0.15, -0.1) is 0 Å². The molecule has 7 nitrogen and oxygen atoms in total. The Balaban J connectivity index is 1.57. The number of piperazine rings is 1. The Morgan fingerprint density at radius 1 is 0.931 bits per heavy atom. The van der Waals surface area contributed by atoms with Gasteiger partial charge >= 0.3 is 5.97 Å². The van der Waals surface area contributed by atoms with Crippen LogP contribution in [0.2, 0.25) is 0 Å². The predicted octanol–water partition coefficient (Wildman–Crippen LogP) is 2.60. The van der Waals surface area contributed by atoms with Gasteiger partial charge in [0.15, 0.2) is 18.1 Å². The van der Waals surface area contributed by atoms with Gasteiger partial charge in [-0.05, 0) is 31.2 Å². The zero-order valence-corrected chi connectivity index (χ0v) is 16.8. The van der Waals surface area contributed by atoms with Crippen molar-refractivity contribution in [2.24, 2.45) is 0 Å². The van der Waals surface area contributed by atoms with E-state index in [1.807, 2.05) is 30.3 Å². The maximum atomic E-state index is 12.5. The fourth-order valence-electron chi connectivity index (χ4n) is 3.30. The van der Waals surface area contributed by atoms with Crippen molar-refractivity contribution in [2.45, 2.75) is 6.92 Å². The van der Waals surface area contributed by atoms with Crippen LogP contribution in [0.4, 0.5) is 5.69 Å². The summed E-state index contributed by atoms with van der Waals surface area (Å²) in [7, 11) is 1.57. The quantitative estimate of drug-likeness (QED) is 0.668. The van der Waals surface area contributed by atoms with Crippen molar-refractivity contribution < 1.29 is 23.8 Å². The molecule has 0 aliphatic carbocycles. The average Bonchev–Trinajstić information content (AvgIpc) is 2.78. The lowest BCUT2D eigenvalue weighted by Gasteiger charge is -2.36. The molecule has 29 heavy (non-hydrogen) atoms. The van der Waals surface area contributed by atoms with Gasteiger partial charge in [0.2, 0.25) is 0 Å². The number of benzene rings is 2. The molecule has 1 saturated heterocycles. The average molecular weight is 398 g/mol. The monoisotopic (exact) mass is 398 g/mol. The largest absolute Gasteiger partial charge is 0.493 e. The van der Waals surface area contributed by atoms with Gasteiger partial charge in [0, 0.05) is 26.2 Å². The normalized spacial score (nSPS) is 13.7. The zero-order chi connectivity index (χ0) is 20.6. The molecule has 1 fully saturated rings. The highest BCUT2D eigenvalue weighted by Gasteiger charge is 2.24. The van der Waals surface area contributed by atoms with Crippen LogP contribution in [0.25, 0.3) is 0 Å². The molecule has 1 aliphatic heterocycles. The minimum absolute atomic E-state index is 0.0419. The molecule has 0 aromatic heterocycles. The third-order valence-electron chi connectivity index (χ3n) is 4.79. The van der Waals surface area contributed by atoms with E-state index >= 15 is 0 Å². The van der Waals surface area contributed by atoms with Gasteiger partial charge in [-0.3, -0.25) is 4.79 Å². The van der Waals surface area contributed by atoms with Gasteiger partial charge in [0.05, 0.1) is 25.0 Å². The summed E-state index contributed by atoms with van der Waals surface area (Å²) in [4.78, 5) is 28.6. The van der Waals surface area contributed by atoms with Gasteiger partial charge in [-0.25, -0.2) is 4.79 Å². The second-order valence-corrected chi connectivity index (χ2v) is 6.54. The van der Waals surface area contributed by atoms with Crippen LogP contribution < -0.4 is 14.4 Å². The van der Waals surface area contributed by atoms with Crippen LogP contribution in [0.3, 0.4) is 0 Å². The molecular weight excluding hydrogens is 372 g/mol. The second-order valence-electron chi connectivity index (χ2n) is 6.54. The molecule has 0 bridgehead atoms. The summed E-state index contributed by atoms with van der Waals surface area (Å²) in [6.07, 6.45) is 0. The summed E-state index contributed by atoms with van der Waals surface area (Å²) in [5.41, 5.74) is 1.39. The number of anilines is 1. The van der Waals surface area contributed by atoms with Crippen molar-refractivity contribution in [3.05, 3.63) is 54.1 Å². The number of hydrogen-bond acceptors (Lipinski definition) is 6. The molecule has 0 unspecified atom stereocenters. The van der Waals surface area contributed by atoms with Crippen molar-refractivity contribution in [3.63, 3.8) is 0 Å². The number of carbonyl (C=O) groups is 2. The predicted molar refractivity (Wildman–Crippen MR) is 110 cm³/mol. The SMILES string of the molecule is CCOC(=O)c1ccccc1N1CCN(C(=O)COc2ccccc2OC)CC1. The van der Waals surface area contributed by atoms with E-state index < -0.39 is 0 Å². The Kier molecular flexibility index (Phi) is 6.94. The third-order valence-corrected chi connectivity index (χ3v) is 4.79. The molecule has 3 rings (SSSR count). The smallest absolute Gasteiger partial charge is 0.340 e. The lowest BCUT2D eigenvalue weighted by atomic mass is 10.1. The number of amides is 1. The van der Waals surface area contributed by atoms with Gasteiger partial charge in [-0.1, -0.05) is 24.3 Å². The first-order chi connectivity index (χ1) is 14.1. The van der Waals surface area contributed by atoms with Gasteiger partial charge in [0.1, 0.15) is 0 Å². The van der Waals surface area contributed by atoms with Crippen LogP contribution in [0.5, 0.6) is 11.5 Å². The summed E-state index contributed by atoms with van der Waals surface area (Å²) in [6, 6.07) is 14.7. The van der Waals surface area contributed by atoms with E-state index in [1.165, 1.54) is 0 Å². The summed E-state index contributed by atoms with van der Waals surface area (Å²) in [5, 5.41) is 0. The maximum Gasteiger partial charge on any atom is 0.340 e. The molecule has 1 amide bonds. The Bertz CT molecular complexity index is 847. The molecule has 2 aromatic rings. The summed E-state index contributed by atoms with van der Waals surface area (Å²) in [6.45, 7) is 4.48. The summed E-state index contributed by atoms with van der Waals surface area (Å²) in [5.74, 6) is 0.743. The number of hydrogen-bond donors (Lipinski definition) is 0. The van der Waals surface area contributed by atoms with Gasteiger partial charge in [-0.2, -0.15) is 0 Å². The minimum atomic E-state index is -0.327. The van der Waals surface area contributed by atoms with Crippen LogP contribution in [0.1, 0.15) is 17.3 Å². The fourth-order valence-corrected chi connectivity index (χ4v) is 3.30. The number of nitrogens with zero attached hydrogens (tertiary/aromatic N) is 2. The number of esters is 1. The molecule has 0 radical (unpaired) electrons. The van der Waals surface area contributed by atoms with Crippen LogP contribution in [0.15, 0.2) is 48.5 Å². The van der Waals surface area contributed by atoms with E-state index in [0.717, 1.165) is 5.69 Å². The van der Waals surface area contributed by atoms with Crippen LogP contribution >= 0.6 is 0 Å². The number of ether oxygens (including phenoxy) is 3. The summed E-state index contributed by atoms with van der Waals surface area (Å²) < 4.78 is 16.0. The van der Waals surface area contributed by atoms with E-state index in [2.05, 4.69) is 4.90 Å². The second kappa shape index (κ2) is 9.82. The molecule has 0 atom stereocenters. The Morgan fingerprint density at radius 2 is 1.59 bits per heavy atom. The van der Waals surface area contributed by atoms with Crippen molar-refractivity contribution in [3.8, 4) is 11.5 Å². The van der Waals surface area contributed by atoms with Gasteiger partial charge in [0.25, 0.3) is 5.91 Å². The standard InChI is InChI=1S/C22H26N2O5/c1-3-28-22(26)17-8-4-5-9-18(17)23-12-14-24(15-13-23)21(25)16-29-20-11-7-6-10-19(20)27-2/h4-11H,3,12-16H2,1-2H3. The minimum Gasteiger partial charge on any atom is -0.493 e. The van der Waals surface area contributed by atoms with E-state index in [4.69, 9.17) is 14.2 Å². The first kappa shape index (κ1) is 20.5. The van der Waals surface area contributed by atoms with E-state index in [1.54, 1.807) is 37.1 Å². The Morgan fingerprint density at radius 3 is 2.28 bits per heavy atom.